The van der Waals surface area contributed by atoms with Gasteiger partial charge in [-0.25, -0.2) is 4.98 Å². The van der Waals surface area contributed by atoms with Crippen LogP contribution in [0.4, 0.5) is 5.69 Å². The second-order valence-electron chi connectivity index (χ2n) is 8.88. The topological polar surface area (TPSA) is 117 Å². The third-order valence-electron chi connectivity index (χ3n) is 6.55. The first kappa shape index (κ1) is 24.3. The molecule has 2 aromatic heterocycles. The summed E-state index contributed by atoms with van der Waals surface area (Å²) in [5.41, 5.74) is 2.97. The Labute approximate surface area is 207 Å². The van der Waals surface area contributed by atoms with E-state index in [1.807, 2.05) is 11.4 Å². The molecule has 1 aromatic carbocycles. The van der Waals surface area contributed by atoms with Crippen molar-refractivity contribution in [3.63, 3.8) is 0 Å². The van der Waals surface area contributed by atoms with E-state index in [-0.39, 0.29) is 35.8 Å². The minimum absolute atomic E-state index is 0. The van der Waals surface area contributed by atoms with Gasteiger partial charge in [0.05, 0.1) is 10.8 Å². The Morgan fingerprint density at radius 2 is 1.97 bits per heavy atom. The molecular formula is C23H27ClN6O3S. The first-order valence-corrected chi connectivity index (χ1v) is 12.1. The Balaban J connectivity index is 0.00000274. The van der Waals surface area contributed by atoms with Crippen molar-refractivity contribution >= 4 is 46.1 Å². The molecule has 1 fully saturated rings. The van der Waals surface area contributed by atoms with Crippen molar-refractivity contribution in [2.75, 3.05) is 20.1 Å². The molecule has 34 heavy (non-hydrogen) atoms. The predicted molar refractivity (Wildman–Crippen MR) is 134 cm³/mol. The van der Waals surface area contributed by atoms with E-state index < -0.39 is 4.92 Å². The van der Waals surface area contributed by atoms with Gasteiger partial charge in [0.1, 0.15) is 11.4 Å². The van der Waals surface area contributed by atoms with Crippen molar-refractivity contribution in [3.8, 4) is 11.3 Å². The number of nitro groups is 1. The number of hydrogen-bond acceptors (Lipinski definition) is 7. The molecule has 180 valence electrons. The minimum atomic E-state index is -0.434. The number of nitrogens with zero attached hydrogens (tertiary/aromatic N) is 4. The fourth-order valence-electron chi connectivity index (χ4n) is 4.87. The van der Waals surface area contributed by atoms with Crippen LogP contribution in [-0.4, -0.2) is 51.1 Å². The third-order valence-corrected chi connectivity index (χ3v) is 7.69. The van der Waals surface area contributed by atoms with Gasteiger partial charge < -0.3 is 10.2 Å². The number of likely N-dealkylation sites (tertiary alicyclic amines) is 1. The number of amidine groups is 1. The second kappa shape index (κ2) is 9.81. The zero-order valence-corrected chi connectivity index (χ0v) is 20.5. The molecule has 1 unspecified atom stereocenters. The van der Waals surface area contributed by atoms with E-state index in [0.717, 1.165) is 55.7 Å². The normalized spacial score (nSPS) is 18.2. The molecule has 3 heterocycles. The van der Waals surface area contributed by atoms with Gasteiger partial charge in [-0.3, -0.25) is 24.7 Å². The lowest BCUT2D eigenvalue weighted by atomic mass is 9.97. The van der Waals surface area contributed by atoms with Crippen molar-refractivity contribution in [1.82, 2.24) is 19.6 Å². The lowest BCUT2D eigenvalue weighted by Crippen LogP contribution is -2.43. The van der Waals surface area contributed by atoms with Gasteiger partial charge in [-0.05, 0) is 64.3 Å². The van der Waals surface area contributed by atoms with Crippen LogP contribution in [0, 0.1) is 21.4 Å². The summed E-state index contributed by atoms with van der Waals surface area (Å²) >= 11 is 1.63. The largest absolute Gasteiger partial charge is 0.309 e. The molecule has 5 rings (SSSR count). The summed E-state index contributed by atoms with van der Waals surface area (Å²) in [7, 11) is 2.01. The number of halogens is 1. The molecule has 0 radical (unpaired) electrons. The summed E-state index contributed by atoms with van der Waals surface area (Å²) in [6.07, 6.45) is 5.91. The first-order chi connectivity index (χ1) is 15.9. The number of fused-ring (bicyclic) bond motifs is 3. The number of imidazole rings is 1. The van der Waals surface area contributed by atoms with Gasteiger partial charge in [0.25, 0.3) is 5.69 Å². The number of nitro benzene ring substituents is 1. The Hall–Kier alpha value is -2.82. The maximum Gasteiger partial charge on any atom is 0.269 e. The second-order valence-corrected chi connectivity index (χ2v) is 9.94. The van der Waals surface area contributed by atoms with E-state index in [4.69, 9.17) is 10.4 Å². The molecule has 1 aliphatic heterocycles. The van der Waals surface area contributed by atoms with Crippen molar-refractivity contribution in [3.05, 3.63) is 50.6 Å². The Morgan fingerprint density at radius 1 is 1.24 bits per heavy atom. The minimum Gasteiger partial charge on any atom is -0.309 e. The van der Waals surface area contributed by atoms with E-state index in [0.29, 0.717) is 23.5 Å². The highest BCUT2D eigenvalue weighted by Crippen LogP contribution is 2.35. The van der Waals surface area contributed by atoms with Crippen LogP contribution >= 0.6 is 23.7 Å². The van der Waals surface area contributed by atoms with Crippen LogP contribution in [-0.2, 0) is 17.6 Å². The van der Waals surface area contributed by atoms with Crippen LogP contribution in [0.2, 0.25) is 0 Å². The molecule has 1 amide bonds. The first-order valence-electron chi connectivity index (χ1n) is 11.3. The molecule has 11 heteroatoms. The summed E-state index contributed by atoms with van der Waals surface area (Å²) in [6.45, 7) is 1.67. The fraction of sp³-hybridized carbons (Fsp3) is 0.435. The lowest BCUT2D eigenvalue weighted by molar-refractivity contribution is -0.384. The quantitative estimate of drug-likeness (QED) is 0.241. The van der Waals surface area contributed by atoms with Crippen molar-refractivity contribution in [2.24, 2.45) is 5.92 Å². The number of piperidine rings is 1. The van der Waals surface area contributed by atoms with E-state index in [9.17, 15) is 14.9 Å². The molecule has 1 saturated heterocycles. The molecule has 0 spiro atoms. The van der Waals surface area contributed by atoms with Gasteiger partial charge in [0.2, 0.25) is 5.91 Å². The summed E-state index contributed by atoms with van der Waals surface area (Å²) in [5.74, 6) is -0.257. The molecule has 0 bridgehead atoms. The van der Waals surface area contributed by atoms with Crippen LogP contribution < -0.4 is 5.32 Å². The zero-order chi connectivity index (χ0) is 23.1. The number of rotatable bonds is 4. The SMILES string of the molecule is CN1CCCC(C(=O)NC(=N)c2c(-c3ccc([N+](=O)[O-])cc3)nc3sc4c(n23)CCCC4)C1.Cl. The fourth-order valence-corrected chi connectivity index (χ4v) is 6.08. The van der Waals surface area contributed by atoms with Crippen LogP contribution in [0.3, 0.4) is 0 Å². The number of hydrogen-bond donors (Lipinski definition) is 2. The van der Waals surface area contributed by atoms with Crippen molar-refractivity contribution in [2.45, 2.75) is 38.5 Å². The predicted octanol–water partition coefficient (Wildman–Crippen LogP) is 4.05. The number of benzene rings is 1. The van der Waals surface area contributed by atoms with Gasteiger partial charge in [-0.15, -0.1) is 23.7 Å². The number of aryl methyl sites for hydroxylation is 2. The summed E-state index contributed by atoms with van der Waals surface area (Å²) in [6, 6.07) is 6.21. The summed E-state index contributed by atoms with van der Waals surface area (Å²) in [5, 5.41) is 22.8. The number of nitrogens with one attached hydrogen (secondary N) is 2. The molecule has 3 aromatic rings. The molecule has 2 aliphatic rings. The molecule has 1 atom stereocenters. The van der Waals surface area contributed by atoms with Crippen LogP contribution in [0.5, 0.6) is 0 Å². The zero-order valence-electron chi connectivity index (χ0n) is 18.9. The van der Waals surface area contributed by atoms with Crippen LogP contribution in [0.25, 0.3) is 16.2 Å². The number of carbonyl (C=O) groups is 1. The van der Waals surface area contributed by atoms with Crippen molar-refractivity contribution < 1.29 is 9.72 Å². The summed E-state index contributed by atoms with van der Waals surface area (Å²) in [4.78, 5) is 32.7. The molecule has 2 N–H and O–H groups in total. The number of thiazole rings is 1. The Bertz CT molecular complexity index is 1250. The monoisotopic (exact) mass is 502 g/mol. The van der Waals surface area contributed by atoms with Gasteiger partial charge in [-0.2, -0.15) is 0 Å². The summed E-state index contributed by atoms with van der Waals surface area (Å²) < 4.78 is 2.02. The lowest BCUT2D eigenvalue weighted by Gasteiger charge is -2.28. The highest BCUT2D eigenvalue weighted by atomic mass is 35.5. The van der Waals surface area contributed by atoms with E-state index in [1.54, 1.807) is 23.5 Å². The number of carbonyl (C=O) groups excluding carboxylic acids is 1. The van der Waals surface area contributed by atoms with Crippen LogP contribution in [0.1, 0.15) is 41.9 Å². The van der Waals surface area contributed by atoms with E-state index >= 15 is 0 Å². The maximum absolute atomic E-state index is 13.0. The smallest absolute Gasteiger partial charge is 0.269 e. The maximum atomic E-state index is 13.0. The van der Waals surface area contributed by atoms with Crippen LogP contribution in [0.15, 0.2) is 24.3 Å². The average Bonchev–Trinajstić information content (AvgIpc) is 3.35. The van der Waals surface area contributed by atoms with Gasteiger partial charge in [-0.1, -0.05) is 0 Å². The Kier molecular flexibility index (Phi) is 7.01. The van der Waals surface area contributed by atoms with Crippen molar-refractivity contribution in [1.29, 1.82) is 5.41 Å². The van der Waals surface area contributed by atoms with Gasteiger partial charge in [0.15, 0.2) is 10.8 Å². The van der Waals surface area contributed by atoms with Gasteiger partial charge >= 0.3 is 0 Å². The standard InChI is InChI=1S/C23H26N6O3S.ClH/c1-27-12-4-5-15(13-27)22(30)26-21(24)20-19(14-8-10-16(11-9-14)29(31)32)25-23-28(20)17-6-2-3-7-18(17)33-23;/h8-11,15H,2-7,12-13H2,1H3,(H2,24,26,30);1H. The number of non-ortho nitro benzene ring substituents is 1. The highest BCUT2D eigenvalue weighted by Gasteiger charge is 2.29. The molecule has 1 aliphatic carbocycles. The molecular weight excluding hydrogens is 476 g/mol. The number of amides is 1. The van der Waals surface area contributed by atoms with Gasteiger partial charge in [0, 0.05) is 34.8 Å². The highest BCUT2D eigenvalue weighted by molar-refractivity contribution is 7.17. The molecule has 9 nitrogen and oxygen atoms in total. The average molecular weight is 503 g/mol. The van der Waals surface area contributed by atoms with E-state index in [2.05, 4.69) is 10.2 Å². The van der Waals surface area contributed by atoms with E-state index in [1.165, 1.54) is 17.0 Å². The Morgan fingerprint density at radius 3 is 2.68 bits per heavy atom. The number of aromatic nitrogens is 2. The molecule has 0 saturated carbocycles. The third kappa shape index (κ3) is 4.45.